The number of aliphatic carboxylic acids is 1. The standard InChI is InChI=1S/C14H21NO3/c1-8-5-9(14(17)18)7-15(6-8)13(16)12-10-3-2-4-11(10)12/h8-12H,2-7H2,1H3,(H,17,18). The average Bonchev–Trinajstić information content (AvgIpc) is 2.80. The summed E-state index contributed by atoms with van der Waals surface area (Å²) in [5, 5.41) is 9.13. The van der Waals surface area contributed by atoms with Crippen molar-refractivity contribution < 1.29 is 14.7 Å². The van der Waals surface area contributed by atoms with Gasteiger partial charge in [-0.3, -0.25) is 9.59 Å². The lowest BCUT2D eigenvalue weighted by molar-refractivity contribution is -0.147. The molecule has 0 aromatic rings. The number of fused-ring (bicyclic) bond motifs is 1. The van der Waals surface area contributed by atoms with Gasteiger partial charge < -0.3 is 10.0 Å². The number of rotatable bonds is 2. The first-order chi connectivity index (χ1) is 8.58. The molecule has 18 heavy (non-hydrogen) atoms. The molecule has 1 saturated heterocycles. The largest absolute Gasteiger partial charge is 0.481 e. The fraction of sp³-hybridized carbons (Fsp3) is 0.857. The van der Waals surface area contributed by atoms with Gasteiger partial charge in [0.25, 0.3) is 0 Å². The fourth-order valence-corrected chi connectivity index (χ4v) is 4.11. The summed E-state index contributed by atoms with van der Waals surface area (Å²) < 4.78 is 0. The van der Waals surface area contributed by atoms with Gasteiger partial charge >= 0.3 is 5.97 Å². The van der Waals surface area contributed by atoms with Crippen LogP contribution in [0.25, 0.3) is 0 Å². The lowest BCUT2D eigenvalue weighted by atomic mass is 9.90. The van der Waals surface area contributed by atoms with Crippen molar-refractivity contribution >= 4 is 11.9 Å². The van der Waals surface area contributed by atoms with E-state index in [0.717, 1.165) is 6.54 Å². The SMILES string of the molecule is CC1CC(C(=O)O)CN(C(=O)C2C3CCCC32)C1. The Morgan fingerprint density at radius 1 is 1.17 bits per heavy atom. The molecule has 1 amide bonds. The van der Waals surface area contributed by atoms with Crippen LogP contribution >= 0.6 is 0 Å². The van der Waals surface area contributed by atoms with Gasteiger partial charge in [-0.1, -0.05) is 13.3 Å². The van der Waals surface area contributed by atoms with E-state index in [4.69, 9.17) is 5.11 Å². The van der Waals surface area contributed by atoms with Gasteiger partial charge in [-0.15, -0.1) is 0 Å². The van der Waals surface area contributed by atoms with E-state index < -0.39 is 5.97 Å². The molecule has 1 N–H and O–H groups in total. The van der Waals surface area contributed by atoms with E-state index in [9.17, 15) is 9.59 Å². The highest BCUT2D eigenvalue weighted by atomic mass is 16.4. The Morgan fingerprint density at radius 3 is 2.44 bits per heavy atom. The van der Waals surface area contributed by atoms with E-state index >= 15 is 0 Å². The van der Waals surface area contributed by atoms with E-state index in [1.807, 2.05) is 11.8 Å². The summed E-state index contributed by atoms with van der Waals surface area (Å²) in [6, 6.07) is 0. The molecule has 3 fully saturated rings. The molecule has 100 valence electrons. The van der Waals surface area contributed by atoms with Crippen molar-refractivity contribution in [2.75, 3.05) is 13.1 Å². The molecule has 4 unspecified atom stereocenters. The first-order valence-electron chi connectivity index (χ1n) is 7.09. The van der Waals surface area contributed by atoms with Crippen molar-refractivity contribution in [3.05, 3.63) is 0 Å². The number of likely N-dealkylation sites (tertiary alicyclic amines) is 1. The number of carbonyl (C=O) groups is 2. The highest BCUT2D eigenvalue weighted by Crippen LogP contribution is 2.58. The molecule has 0 aromatic heterocycles. The van der Waals surface area contributed by atoms with E-state index in [1.165, 1.54) is 19.3 Å². The summed E-state index contributed by atoms with van der Waals surface area (Å²) in [5.41, 5.74) is 0. The summed E-state index contributed by atoms with van der Waals surface area (Å²) in [4.78, 5) is 25.4. The Bertz CT molecular complexity index is 371. The van der Waals surface area contributed by atoms with Gasteiger partial charge in [0.1, 0.15) is 0 Å². The molecular weight excluding hydrogens is 230 g/mol. The Labute approximate surface area is 107 Å². The van der Waals surface area contributed by atoms with Crippen molar-refractivity contribution in [1.82, 2.24) is 4.90 Å². The van der Waals surface area contributed by atoms with Gasteiger partial charge in [-0.2, -0.15) is 0 Å². The molecule has 0 aromatic carbocycles. The van der Waals surface area contributed by atoms with E-state index in [0.29, 0.717) is 30.7 Å². The van der Waals surface area contributed by atoms with Crippen molar-refractivity contribution in [3.63, 3.8) is 0 Å². The second-order valence-corrected chi connectivity index (χ2v) is 6.40. The van der Waals surface area contributed by atoms with Crippen LogP contribution in [0.4, 0.5) is 0 Å². The molecule has 4 heteroatoms. The van der Waals surface area contributed by atoms with Gasteiger partial charge in [0.15, 0.2) is 0 Å². The Balaban J connectivity index is 1.64. The summed E-state index contributed by atoms with van der Waals surface area (Å²) in [5.74, 6) is 0.908. The van der Waals surface area contributed by atoms with Crippen LogP contribution in [0.1, 0.15) is 32.6 Å². The maximum atomic E-state index is 12.4. The first-order valence-corrected chi connectivity index (χ1v) is 7.09. The second-order valence-electron chi connectivity index (χ2n) is 6.40. The zero-order valence-corrected chi connectivity index (χ0v) is 10.8. The van der Waals surface area contributed by atoms with Crippen molar-refractivity contribution in [2.45, 2.75) is 32.6 Å². The molecule has 4 atom stereocenters. The molecule has 1 heterocycles. The molecule has 2 aliphatic carbocycles. The summed E-state index contributed by atoms with van der Waals surface area (Å²) in [6.07, 6.45) is 4.38. The van der Waals surface area contributed by atoms with E-state index in [1.54, 1.807) is 0 Å². The van der Waals surface area contributed by atoms with E-state index in [2.05, 4.69) is 0 Å². The quantitative estimate of drug-likeness (QED) is 0.811. The Morgan fingerprint density at radius 2 is 1.83 bits per heavy atom. The van der Waals surface area contributed by atoms with Crippen LogP contribution in [0, 0.1) is 29.6 Å². The summed E-state index contributed by atoms with van der Waals surface area (Å²) >= 11 is 0. The lowest BCUT2D eigenvalue weighted by Crippen LogP contribution is -2.46. The zero-order chi connectivity index (χ0) is 12.9. The molecule has 0 bridgehead atoms. The number of carbonyl (C=O) groups excluding carboxylic acids is 1. The molecule has 3 aliphatic rings. The predicted molar refractivity (Wildman–Crippen MR) is 65.8 cm³/mol. The highest BCUT2D eigenvalue weighted by Gasteiger charge is 2.57. The normalized spacial score (nSPS) is 42.5. The van der Waals surface area contributed by atoms with Gasteiger partial charge in [-0.05, 0) is 37.0 Å². The minimum Gasteiger partial charge on any atom is -0.481 e. The third-order valence-corrected chi connectivity index (χ3v) is 5.01. The third kappa shape index (κ3) is 1.91. The molecule has 1 aliphatic heterocycles. The number of hydrogen-bond donors (Lipinski definition) is 1. The minimum atomic E-state index is -0.754. The van der Waals surface area contributed by atoms with Crippen LogP contribution in [0.15, 0.2) is 0 Å². The molecule has 0 radical (unpaired) electrons. The number of piperidine rings is 1. The zero-order valence-electron chi connectivity index (χ0n) is 10.8. The smallest absolute Gasteiger partial charge is 0.308 e. The van der Waals surface area contributed by atoms with Gasteiger partial charge in [-0.25, -0.2) is 0 Å². The first kappa shape index (κ1) is 12.0. The third-order valence-electron chi connectivity index (χ3n) is 5.01. The molecule has 0 spiro atoms. The van der Waals surface area contributed by atoms with Crippen LogP contribution in [0.2, 0.25) is 0 Å². The molecule has 3 rings (SSSR count). The number of nitrogens with zero attached hydrogens (tertiary/aromatic N) is 1. The predicted octanol–water partition coefficient (Wildman–Crippen LogP) is 1.60. The van der Waals surface area contributed by atoms with Crippen molar-refractivity contribution in [3.8, 4) is 0 Å². The average molecular weight is 251 g/mol. The van der Waals surface area contributed by atoms with Crippen LogP contribution in [0.3, 0.4) is 0 Å². The van der Waals surface area contributed by atoms with Gasteiger partial charge in [0.2, 0.25) is 5.91 Å². The maximum absolute atomic E-state index is 12.4. The van der Waals surface area contributed by atoms with Crippen LogP contribution in [-0.2, 0) is 9.59 Å². The van der Waals surface area contributed by atoms with Crippen LogP contribution < -0.4 is 0 Å². The minimum absolute atomic E-state index is 0.235. The summed E-state index contributed by atoms with van der Waals surface area (Å²) in [6.45, 7) is 3.22. The highest BCUT2D eigenvalue weighted by molar-refractivity contribution is 5.83. The van der Waals surface area contributed by atoms with Gasteiger partial charge in [0.05, 0.1) is 5.92 Å². The number of hydrogen-bond acceptors (Lipinski definition) is 2. The maximum Gasteiger partial charge on any atom is 0.308 e. The molecular formula is C14H21NO3. The van der Waals surface area contributed by atoms with Crippen molar-refractivity contribution in [2.24, 2.45) is 29.6 Å². The number of carboxylic acid groups (broad SMARTS) is 1. The summed E-state index contributed by atoms with van der Waals surface area (Å²) in [7, 11) is 0. The Hall–Kier alpha value is -1.06. The van der Waals surface area contributed by atoms with E-state index in [-0.39, 0.29) is 17.7 Å². The molecule has 4 nitrogen and oxygen atoms in total. The lowest BCUT2D eigenvalue weighted by Gasteiger charge is -2.35. The second kappa shape index (κ2) is 4.25. The van der Waals surface area contributed by atoms with Crippen molar-refractivity contribution in [1.29, 1.82) is 0 Å². The van der Waals surface area contributed by atoms with Crippen LogP contribution in [-0.4, -0.2) is 35.0 Å². The van der Waals surface area contributed by atoms with Crippen LogP contribution in [0.5, 0.6) is 0 Å². The number of amides is 1. The topological polar surface area (TPSA) is 57.6 Å². The Kier molecular flexibility index (Phi) is 2.83. The van der Waals surface area contributed by atoms with Gasteiger partial charge in [0, 0.05) is 19.0 Å². The molecule has 2 saturated carbocycles. The monoisotopic (exact) mass is 251 g/mol. The fourth-order valence-electron chi connectivity index (χ4n) is 4.11. The number of carboxylic acids is 1.